The van der Waals surface area contributed by atoms with Gasteiger partial charge in [-0.3, -0.25) is 18.7 Å². The van der Waals surface area contributed by atoms with E-state index >= 15 is 0 Å². The number of aromatic nitrogens is 2. The van der Waals surface area contributed by atoms with E-state index in [1.54, 1.807) is 40.8 Å². The molecule has 1 saturated heterocycles. The molecule has 3 aromatic rings. The fraction of sp³-hybridized carbons (Fsp3) is 0.500. The van der Waals surface area contributed by atoms with Gasteiger partial charge in [0, 0.05) is 19.1 Å². The SMILES string of the molecule is COc1cc(Cn2c(=O)c3cc(OC(CF)CF)ccc3n(C3CCN(C=O)CC3)c2=O)ccc1OCC1CCC1. The normalized spacial score (nSPS) is 16.1. The topological polar surface area (TPSA) is 92.0 Å². The van der Waals surface area contributed by atoms with Crippen molar-refractivity contribution in [2.24, 2.45) is 5.92 Å². The monoisotopic (exact) mass is 571 g/mol. The van der Waals surface area contributed by atoms with Gasteiger partial charge in [-0.2, -0.15) is 0 Å². The number of piperidine rings is 1. The Balaban J connectivity index is 1.54. The molecule has 5 rings (SSSR count). The molecule has 11 heteroatoms. The van der Waals surface area contributed by atoms with Crippen molar-refractivity contribution in [3.8, 4) is 17.2 Å². The zero-order valence-electron chi connectivity index (χ0n) is 23.1. The second kappa shape index (κ2) is 12.7. The molecule has 1 aromatic heterocycles. The van der Waals surface area contributed by atoms with Crippen LogP contribution in [0, 0.1) is 5.92 Å². The number of ether oxygens (including phenoxy) is 3. The summed E-state index contributed by atoms with van der Waals surface area (Å²) in [7, 11) is 1.54. The Kier molecular flexibility index (Phi) is 8.90. The molecule has 0 spiro atoms. The van der Waals surface area contributed by atoms with Crippen LogP contribution in [0.15, 0.2) is 46.0 Å². The van der Waals surface area contributed by atoms with Crippen LogP contribution in [0.25, 0.3) is 10.9 Å². The minimum atomic E-state index is -1.29. The van der Waals surface area contributed by atoms with E-state index < -0.39 is 30.7 Å². The number of likely N-dealkylation sites (tertiary alicyclic amines) is 1. The van der Waals surface area contributed by atoms with Crippen LogP contribution in [0.2, 0.25) is 0 Å². The number of nitrogens with zero attached hydrogens (tertiary/aromatic N) is 3. The Bertz CT molecular complexity index is 1490. The van der Waals surface area contributed by atoms with Crippen LogP contribution in [0.3, 0.4) is 0 Å². The first kappa shape index (κ1) is 28.6. The smallest absolute Gasteiger partial charge is 0.332 e. The molecule has 0 unspecified atom stereocenters. The number of rotatable bonds is 12. The number of carbonyl (C=O) groups excluding carboxylic acids is 1. The highest BCUT2D eigenvalue weighted by Crippen LogP contribution is 2.32. The molecular formula is C30H35F2N3O6. The molecule has 9 nitrogen and oxygen atoms in total. The quantitative estimate of drug-likeness (QED) is 0.307. The van der Waals surface area contributed by atoms with Gasteiger partial charge in [0.2, 0.25) is 6.41 Å². The standard InChI is InChI=1S/C30H35F2N3O6/c1-39-28-13-21(5-8-27(28)40-18-20-3-2-4-20)17-34-29(37)25-14-23(41-24(15-31)16-32)6-7-26(25)35(30(34)38)22-9-11-33(19-36)12-10-22/h5-8,13-14,19-20,22,24H,2-4,9-12,15-18H2,1H3. The van der Waals surface area contributed by atoms with E-state index in [4.69, 9.17) is 14.2 Å². The van der Waals surface area contributed by atoms with E-state index in [0.29, 0.717) is 61.0 Å². The summed E-state index contributed by atoms with van der Waals surface area (Å²) in [5, 5.41) is 0.198. The molecule has 1 amide bonds. The highest BCUT2D eigenvalue weighted by molar-refractivity contribution is 5.80. The minimum absolute atomic E-state index is 0.0251. The molecular weight excluding hydrogens is 536 g/mol. The van der Waals surface area contributed by atoms with E-state index in [1.165, 1.54) is 18.6 Å². The highest BCUT2D eigenvalue weighted by Gasteiger charge is 2.25. The first-order valence-electron chi connectivity index (χ1n) is 14.0. The van der Waals surface area contributed by atoms with Crippen LogP contribution >= 0.6 is 0 Å². The average molecular weight is 572 g/mol. The van der Waals surface area contributed by atoms with Gasteiger partial charge in [-0.25, -0.2) is 13.6 Å². The molecule has 220 valence electrons. The molecule has 0 radical (unpaired) electrons. The van der Waals surface area contributed by atoms with Crippen LogP contribution in [0.5, 0.6) is 17.2 Å². The lowest BCUT2D eigenvalue weighted by atomic mass is 9.86. The second-order valence-electron chi connectivity index (χ2n) is 10.7. The first-order valence-corrected chi connectivity index (χ1v) is 14.0. The van der Waals surface area contributed by atoms with Crippen molar-refractivity contribution >= 4 is 17.3 Å². The molecule has 2 heterocycles. The van der Waals surface area contributed by atoms with Crippen molar-refractivity contribution in [1.29, 1.82) is 0 Å². The van der Waals surface area contributed by atoms with Crippen LogP contribution in [-0.2, 0) is 11.3 Å². The Morgan fingerprint density at radius 3 is 2.39 bits per heavy atom. The van der Waals surface area contributed by atoms with Crippen molar-refractivity contribution in [2.45, 2.75) is 50.8 Å². The highest BCUT2D eigenvalue weighted by atomic mass is 19.1. The van der Waals surface area contributed by atoms with Gasteiger partial charge in [-0.1, -0.05) is 12.5 Å². The van der Waals surface area contributed by atoms with Gasteiger partial charge >= 0.3 is 5.69 Å². The number of fused-ring (bicyclic) bond motifs is 1. The fourth-order valence-corrected chi connectivity index (χ4v) is 5.45. The van der Waals surface area contributed by atoms with Crippen molar-refractivity contribution in [1.82, 2.24) is 14.0 Å². The maximum Gasteiger partial charge on any atom is 0.332 e. The van der Waals surface area contributed by atoms with Gasteiger partial charge in [0.25, 0.3) is 5.56 Å². The van der Waals surface area contributed by atoms with Crippen molar-refractivity contribution in [3.63, 3.8) is 0 Å². The maximum absolute atomic E-state index is 13.9. The Morgan fingerprint density at radius 2 is 1.76 bits per heavy atom. The molecule has 2 aliphatic rings. The lowest BCUT2D eigenvalue weighted by molar-refractivity contribution is -0.119. The predicted molar refractivity (Wildman–Crippen MR) is 150 cm³/mol. The Hall–Kier alpha value is -3.89. The number of methoxy groups -OCH3 is 1. The van der Waals surface area contributed by atoms with E-state index in [0.717, 1.165) is 23.8 Å². The fourth-order valence-electron chi connectivity index (χ4n) is 5.45. The molecule has 1 aliphatic carbocycles. The van der Waals surface area contributed by atoms with Gasteiger partial charge in [0.05, 0.1) is 31.2 Å². The lowest BCUT2D eigenvalue weighted by Crippen LogP contribution is -2.44. The summed E-state index contributed by atoms with van der Waals surface area (Å²) in [5.74, 6) is 1.80. The summed E-state index contributed by atoms with van der Waals surface area (Å²) >= 11 is 0. The summed E-state index contributed by atoms with van der Waals surface area (Å²) in [6.45, 7) is -0.481. The number of carbonyl (C=O) groups is 1. The third-order valence-electron chi connectivity index (χ3n) is 8.07. The average Bonchev–Trinajstić information content (AvgIpc) is 2.98. The third kappa shape index (κ3) is 6.08. The zero-order chi connectivity index (χ0) is 28.9. The lowest BCUT2D eigenvalue weighted by Gasteiger charge is -2.31. The first-order chi connectivity index (χ1) is 19.9. The van der Waals surface area contributed by atoms with Gasteiger partial charge < -0.3 is 19.1 Å². The molecule has 1 saturated carbocycles. The summed E-state index contributed by atoms with van der Waals surface area (Å²) in [4.78, 5) is 40.6. The van der Waals surface area contributed by atoms with E-state index in [9.17, 15) is 23.2 Å². The largest absolute Gasteiger partial charge is 0.493 e. The summed E-state index contributed by atoms with van der Waals surface area (Å²) in [6.07, 6.45) is 4.11. The number of amides is 1. The van der Waals surface area contributed by atoms with E-state index in [2.05, 4.69) is 0 Å². The van der Waals surface area contributed by atoms with E-state index in [-0.39, 0.29) is 23.7 Å². The summed E-state index contributed by atoms with van der Waals surface area (Å²) in [6, 6.07) is 9.61. The summed E-state index contributed by atoms with van der Waals surface area (Å²) in [5.41, 5.74) is 0.0531. The maximum atomic E-state index is 13.9. The second-order valence-corrected chi connectivity index (χ2v) is 10.7. The van der Waals surface area contributed by atoms with Crippen LogP contribution in [0.1, 0.15) is 43.7 Å². The number of hydrogen-bond acceptors (Lipinski definition) is 6. The molecule has 0 bridgehead atoms. The zero-order valence-corrected chi connectivity index (χ0v) is 23.1. The molecule has 2 aromatic carbocycles. The van der Waals surface area contributed by atoms with Crippen molar-refractivity contribution in [3.05, 3.63) is 62.8 Å². The van der Waals surface area contributed by atoms with Crippen LogP contribution in [0.4, 0.5) is 8.78 Å². The Morgan fingerprint density at radius 1 is 1.00 bits per heavy atom. The van der Waals surface area contributed by atoms with Crippen molar-refractivity contribution < 1.29 is 27.8 Å². The van der Waals surface area contributed by atoms with Crippen LogP contribution in [-0.4, -0.2) is 66.7 Å². The Labute approximate surface area is 236 Å². The van der Waals surface area contributed by atoms with Gasteiger partial charge in [0.1, 0.15) is 19.1 Å². The molecule has 0 N–H and O–H groups in total. The van der Waals surface area contributed by atoms with Gasteiger partial charge in [-0.05, 0) is 67.5 Å². The summed E-state index contributed by atoms with van der Waals surface area (Å²) < 4.78 is 46.0. The number of alkyl halides is 2. The number of halogens is 2. The molecule has 41 heavy (non-hydrogen) atoms. The molecule has 2 fully saturated rings. The minimum Gasteiger partial charge on any atom is -0.493 e. The van der Waals surface area contributed by atoms with E-state index in [1.807, 2.05) is 0 Å². The molecule has 0 atom stereocenters. The van der Waals surface area contributed by atoms with Gasteiger partial charge in [-0.15, -0.1) is 0 Å². The van der Waals surface area contributed by atoms with Gasteiger partial charge in [0.15, 0.2) is 17.6 Å². The van der Waals surface area contributed by atoms with Crippen molar-refractivity contribution in [2.75, 3.05) is 40.2 Å². The predicted octanol–water partition coefficient (Wildman–Crippen LogP) is 3.88. The number of hydrogen-bond donors (Lipinski definition) is 0. The third-order valence-corrected chi connectivity index (χ3v) is 8.07. The number of benzene rings is 2. The molecule has 1 aliphatic heterocycles. The van der Waals surface area contributed by atoms with Crippen LogP contribution < -0.4 is 25.5 Å².